The Hall–Kier alpha value is -1.00. The van der Waals surface area contributed by atoms with E-state index >= 15 is 0 Å². The van der Waals surface area contributed by atoms with Gasteiger partial charge in [-0.15, -0.1) is 0 Å². The molecular weight excluding hydrogens is 224 g/mol. The van der Waals surface area contributed by atoms with Crippen LogP contribution in [-0.2, 0) is 12.8 Å². The molecule has 1 aromatic heterocycles. The van der Waals surface area contributed by atoms with E-state index in [1.165, 1.54) is 30.5 Å². The van der Waals surface area contributed by atoms with Gasteiger partial charge in [0.05, 0.1) is 0 Å². The molecule has 18 heavy (non-hydrogen) atoms. The van der Waals surface area contributed by atoms with Crippen LogP contribution in [0.4, 0.5) is 0 Å². The number of likely N-dealkylation sites (N-methyl/N-ethyl adjacent to an activating group) is 1. The van der Waals surface area contributed by atoms with Crippen LogP contribution in [0.2, 0.25) is 0 Å². The van der Waals surface area contributed by atoms with Crippen LogP contribution in [0.5, 0.6) is 0 Å². The highest BCUT2D eigenvalue weighted by Gasteiger charge is 2.19. The molecule has 4 heteroatoms. The van der Waals surface area contributed by atoms with Crippen molar-refractivity contribution < 1.29 is 0 Å². The van der Waals surface area contributed by atoms with Crippen molar-refractivity contribution in [3.05, 3.63) is 23.3 Å². The van der Waals surface area contributed by atoms with E-state index in [0.29, 0.717) is 6.04 Å². The van der Waals surface area contributed by atoms with Crippen molar-refractivity contribution in [3.8, 4) is 0 Å². The van der Waals surface area contributed by atoms with Gasteiger partial charge in [0.2, 0.25) is 0 Å². The van der Waals surface area contributed by atoms with E-state index in [-0.39, 0.29) is 0 Å². The first-order valence-corrected chi connectivity index (χ1v) is 6.87. The zero-order chi connectivity index (χ0) is 13.0. The molecule has 0 saturated carbocycles. The van der Waals surface area contributed by atoms with Crippen LogP contribution in [0, 0.1) is 0 Å². The molecule has 1 unspecified atom stereocenters. The van der Waals surface area contributed by atoms with Gasteiger partial charge >= 0.3 is 0 Å². The van der Waals surface area contributed by atoms with Gasteiger partial charge in [0.25, 0.3) is 0 Å². The van der Waals surface area contributed by atoms with E-state index in [1.807, 2.05) is 13.2 Å². The highest BCUT2D eigenvalue weighted by atomic mass is 15.1. The van der Waals surface area contributed by atoms with Crippen molar-refractivity contribution in [3.63, 3.8) is 0 Å². The van der Waals surface area contributed by atoms with Gasteiger partial charge in [0.15, 0.2) is 0 Å². The zero-order valence-electron chi connectivity index (χ0n) is 11.7. The van der Waals surface area contributed by atoms with E-state index in [1.54, 1.807) is 0 Å². The predicted octanol–water partition coefficient (Wildman–Crippen LogP) is 1.57. The predicted molar refractivity (Wildman–Crippen MR) is 73.6 cm³/mol. The van der Waals surface area contributed by atoms with Crippen molar-refractivity contribution in [2.45, 2.75) is 38.1 Å². The molecule has 0 aromatic carbocycles. The largest absolute Gasteiger partial charge is 0.313 e. The van der Waals surface area contributed by atoms with Crippen LogP contribution in [0.25, 0.3) is 0 Å². The van der Waals surface area contributed by atoms with E-state index in [2.05, 4.69) is 29.3 Å². The summed E-state index contributed by atoms with van der Waals surface area (Å²) in [4.78, 5) is 11.5. The fourth-order valence-corrected chi connectivity index (χ4v) is 2.50. The lowest BCUT2D eigenvalue weighted by atomic mass is 10.1. The van der Waals surface area contributed by atoms with E-state index in [4.69, 9.17) is 4.98 Å². The van der Waals surface area contributed by atoms with Crippen molar-refractivity contribution in [2.75, 3.05) is 27.7 Å². The quantitative estimate of drug-likeness (QED) is 0.821. The van der Waals surface area contributed by atoms with Gasteiger partial charge < -0.3 is 10.2 Å². The Morgan fingerprint density at radius 3 is 2.94 bits per heavy atom. The minimum absolute atomic E-state index is 0.436. The molecule has 1 aliphatic rings. The van der Waals surface area contributed by atoms with Crippen molar-refractivity contribution in [1.29, 1.82) is 0 Å². The van der Waals surface area contributed by atoms with E-state index < -0.39 is 0 Å². The Labute approximate surface area is 110 Å². The lowest BCUT2D eigenvalue weighted by molar-refractivity contribution is 0.409. The summed E-state index contributed by atoms with van der Waals surface area (Å²) in [5, 5.41) is 3.38. The number of hydrogen-bond acceptors (Lipinski definition) is 4. The normalized spacial score (nSPS) is 19.7. The smallest absolute Gasteiger partial charge is 0.129 e. The summed E-state index contributed by atoms with van der Waals surface area (Å²) >= 11 is 0. The summed E-state index contributed by atoms with van der Waals surface area (Å²) in [6, 6.07) is 0.436. The third kappa shape index (κ3) is 3.27. The number of rotatable bonds is 4. The minimum atomic E-state index is 0.436. The first kappa shape index (κ1) is 13.4. The third-order valence-electron chi connectivity index (χ3n) is 3.61. The molecule has 1 N–H and O–H groups in total. The van der Waals surface area contributed by atoms with Crippen LogP contribution < -0.4 is 5.32 Å². The number of hydrogen-bond donors (Lipinski definition) is 1. The van der Waals surface area contributed by atoms with Crippen LogP contribution in [0.15, 0.2) is 6.20 Å². The second-order valence-corrected chi connectivity index (χ2v) is 5.33. The maximum atomic E-state index is 4.77. The maximum Gasteiger partial charge on any atom is 0.129 e. The number of fused-ring (bicyclic) bond motifs is 1. The second kappa shape index (κ2) is 6.25. The fourth-order valence-electron chi connectivity index (χ4n) is 2.50. The van der Waals surface area contributed by atoms with Crippen LogP contribution in [0.1, 0.15) is 42.4 Å². The summed E-state index contributed by atoms with van der Waals surface area (Å²) in [6.45, 7) is 1.01. The zero-order valence-corrected chi connectivity index (χ0v) is 11.7. The molecule has 0 spiro atoms. The molecule has 0 radical (unpaired) electrons. The average molecular weight is 248 g/mol. The lowest BCUT2D eigenvalue weighted by Gasteiger charge is -2.16. The van der Waals surface area contributed by atoms with Crippen molar-refractivity contribution >= 4 is 0 Å². The highest BCUT2D eigenvalue weighted by Crippen LogP contribution is 2.26. The van der Waals surface area contributed by atoms with Gasteiger partial charge in [0, 0.05) is 36.5 Å². The van der Waals surface area contributed by atoms with Gasteiger partial charge in [-0.1, -0.05) is 6.42 Å². The van der Waals surface area contributed by atoms with E-state index in [9.17, 15) is 0 Å². The molecule has 4 nitrogen and oxygen atoms in total. The Morgan fingerprint density at radius 2 is 2.22 bits per heavy atom. The second-order valence-electron chi connectivity index (χ2n) is 5.33. The maximum absolute atomic E-state index is 4.77. The molecule has 100 valence electrons. The fraction of sp³-hybridized carbons (Fsp3) is 0.714. The van der Waals surface area contributed by atoms with Crippen LogP contribution in [-0.4, -0.2) is 42.6 Å². The molecule has 1 aromatic rings. The minimum Gasteiger partial charge on any atom is -0.313 e. The molecule has 0 aliphatic heterocycles. The number of aryl methyl sites for hydroxylation is 1. The molecule has 1 heterocycles. The van der Waals surface area contributed by atoms with Crippen LogP contribution in [0.3, 0.4) is 0 Å². The first-order chi connectivity index (χ1) is 8.70. The Balaban J connectivity index is 2.17. The van der Waals surface area contributed by atoms with Gasteiger partial charge in [-0.05, 0) is 40.4 Å². The van der Waals surface area contributed by atoms with E-state index in [0.717, 1.165) is 25.2 Å². The van der Waals surface area contributed by atoms with Gasteiger partial charge in [-0.25, -0.2) is 9.97 Å². The number of nitrogens with zero attached hydrogens (tertiary/aromatic N) is 3. The van der Waals surface area contributed by atoms with Crippen molar-refractivity contribution in [1.82, 2.24) is 20.2 Å². The molecule has 0 amide bonds. The summed E-state index contributed by atoms with van der Waals surface area (Å²) in [5.74, 6) is 0.985. The Kier molecular flexibility index (Phi) is 4.66. The third-order valence-corrected chi connectivity index (χ3v) is 3.61. The Bertz CT molecular complexity index is 389. The molecule has 1 aliphatic carbocycles. The van der Waals surface area contributed by atoms with Gasteiger partial charge in [-0.2, -0.15) is 0 Å². The molecule has 0 saturated heterocycles. The summed E-state index contributed by atoms with van der Waals surface area (Å²) < 4.78 is 0. The first-order valence-electron chi connectivity index (χ1n) is 6.87. The standard InChI is InChI=1S/C14H24N4/c1-15-12-6-4-5-7-13-11(12)10-16-14(17-13)8-9-18(2)3/h10,12,15H,4-9H2,1-3H3. The highest BCUT2D eigenvalue weighted by molar-refractivity contribution is 5.23. The summed E-state index contributed by atoms with van der Waals surface area (Å²) in [6.07, 6.45) is 7.80. The molecule has 1 atom stereocenters. The topological polar surface area (TPSA) is 41.1 Å². The van der Waals surface area contributed by atoms with Gasteiger partial charge in [0.1, 0.15) is 5.82 Å². The average Bonchev–Trinajstić information content (AvgIpc) is 2.57. The van der Waals surface area contributed by atoms with Gasteiger partial charge in [-0.3, -0.25) is 0 Å². The molecular formula is C14H24N4. The lowest BCUT2D eigenvalue weighted by Crippen LogP contribution is -2.19. The number of nitrogens with one attached hydrogen (secondary N) is 1. The van der Waals surface area contributed by atoms with Crippen molar-refractivity contribution in [2.24, 2.45) is 0 Å². The number of aromatic nitrogens is 2. The van der Waals surface area contributed by atoms with Crippen LogP contribution >= 0.6 is 0 Å². The summed E-state index contributed by atoms with van der Waals surface area (Å²) in [5.41, 5.74) is 2.57. The SMILES string of the molecule is CNC1CCCCc2nc(CCN(C)C)ncc21. The molecule has 0 bridgehead atoms. The summed E-state index contributed by atoms with van der Waals surface area (Å²) in [7, 11) is 6.20. The molecule has 2 rings (SSSR count). The monoisotopic (exact) mass is 248 g/mol. The molecule has 0 fully saturated rings. The Morgan fingerprint density at radius 1 is 1.39 bits per heavy atom.